The first-order valence-electron chi connectivity index (χ1n) is 8.59. The third kappa shape index (κ3) is 3.22. The van der Waals surface area contributed by atoms with E-state index in [2.05, 4.69) is 22.4 Å². The van der Waals surface area contributed by atoms with Gasteiger partial charge in [0.25, 0.3) is 0 Å². The molecule has 4 rings (SSSR count). The van der Waals surface area contributed by atoms with E-state index in [0.717, 1.165) is 24.2 Å². The summed E-state index contributed by atoms with van der Waals surface area (Å²) in [6, 6.07) is 16.3. The van der Waals surface area contributed by atoms with Gasteiger partial charge in [-0.25, -0.2) is 4.98 Å². The zero-order valence-corrected chi connectivity index (χ0v) is 15.4. The zero-order valence-electron chi connectivity index (χ0n) is 14.6. The molecule has 0 spiro atoms. The lowest BCUT2D eigenvalue weighted by Crippen LogP contribution is -2.39. The molecule has 0 saturated heterocycles. The quantitative estimate of drug-likeness (QED) is 0.741. The van der Waals surface area contributed by atoms with Crippen molar-refractivity contribution in [3.05, 3.63) is 76.8 Å². The maximum absolute atomic E-state index is 13.3. The number of amides is 1. The summed E-state index contributed by atoms with van der Waals surface area (Å²) in [5.41, 5.74) is 3.16. The van der Waals surface area contributed by atoms with Crippen LogP contribution in [-0.2, 0) is 24.1 Å². The zero-order chi connectivity index (χ0) is 18.0. The number of aromatic nitrogens is 1. The van der Waals surface area contributed by atoms with Crippen LogP contribution in [0.25, 0.3) is 0 Å². The van der Waals surface area contributed by atoms with Crippen LogP contribution in [0.5, 0.6) is 5.75 Å². The highest BCUT2D eigenvalue weighted by Crippen LogP contribution is 2.41. The fraction of sp³-hybridized carbons (Fsp3) is 0.238. The van der Waals surface area contributed by atoms with Crippen molar-refractivity contribution in [1.82, 2.24) is 4.98 Å². The molecule has 1 N–H and O–H groups in total. The van der Waals surface area contributed by atoms with Crippen LogP contribution < -0.4 is 10.1 Å². The van der Waals surface area contributed by atoms with Crippen LogP contribution in [0.2, 0.25) is 0 Å². The molecule has 4 nitrogen and oxygen atoms in total. The van der Waals surface area contributed by atoms with Crippen LogP contribution in [0.3, 0.4) is 0 Å². The predicted octanol–water partition coefficient (Wildman–Crippen LogP) is 4.12. The molecule has 5 heteroatoms. The Morgan fingerprint density at radius 3 is 2.42 bits per heavy atom. The number of methoxy groups -OCH3 is 1. The number of anilines is 1. The van der Waals surface area contributed by atoms with E-state index in [1.54, 1.807) is 13.3 Å². The molecule has 1 heterocycles. The van der Waals surface area contributed by atoms with Gasteiger partial charge in [0, 0.05) is 11.6 Å². The van der Waals surface area contributed by atoms with E-state index in [-0.39, 0.29) is 5.91 Å². The molecule has 26 heavy (non-hydrogen) atoms. The monoisotopic (exact) mass is 364 g/mol. The molecule has 0 saturated carbocycles. The van der Waals surface area contributed by atoms with E-state index in [9.17, 15) is 4.79 Å². The van der Waals surface area contributed by atoms with Crippen LogP contribution in [-0.4, -0.2) is 18.0 Å². The number of fused-ring (bicyclic) bond motifs is 1. The Labute approximate surface area is 156 Å². The third-order valence-electron chi connectivity index (χ3n) is 5.01. The van der Waals surface area contributed by atoms with Gasteiger partial charge in [-0.15, -0.1) is 11.3 Å². The molecule has 0 aliphatic heterocycles. The van der Waals surface area contributed by atoms with Crippen molar-refractivity contribution in [2.24, 2.45) is 5.41 Å². The minimum atomic E-state index is -0.496. The molecule has 0 bridgehead atoms. The normalized spacial score (nSPS) is 14.7. The number of carbonyl (C=O) groups is 1. The van der Waals surface area contributed by atoms with Crippen molar-refractivity contribution >= 4 is 22.4 Å². The molecule has 1 amide bonds. The average Bonchev–Trinajstić information content (AvgIpc) is 3.30. The SMILES string of the molecule is COc1ccc(CC2(C(=O)Nc3nccs3)Cc3ccccc3C2)cc1. The molecular formula is C21H20N2O2S. The second-order valence-corrected chi connectivity index (χ2v) is 7.61. The van der Waals surface area contributed by atoms with Gasteiger partial charge in [-0.05, 0) is 48.1 Å². The van der Waals surface area contributed by atoms with Gasteiger partial charge in [0.05, 0.1) is 12.5 Å². The van der Waals surface area contributed by atoms with Crippen molar-refractivity contribution in [1.29, 1.82) is 0 Å². The molecule has 1 aliphatic rings. The Hall–Kier alpha value is -2.66. The molecular weight excluding hydrogens is 344 g/mol. The van der Waals surface area contributed by atoms with Gasteiger partial charge in [0.1, 0.15) is 5.75 Å². The Morgan fingerprint density at radius 1 is 1.15 bits per heavy atom. The maximum atomic E-state index is 13.3. The van der Waals surface area contributed by atoms with E-state index in [1.165, 1.54) is 22.5 Å². The predicted molar refractivity (Wildman–Crippen MR) is 104 cm³/mol. The van der Waals surface area contributed by atoms with Crippen molar-refractivity contribution in [3.63, 3.8) is 0 Å². The summed E-state index contributed by atoms with van der Waals surface area (Å²) in [5, 5.41) is 5.55. The van der Waals surface area contributed by atoms with Crippen LogP contribution in [0, 0.1) is 5.41 Å². The number of carbonyl (C=O) groups excluding carboxylic acids is 1. The second kappa shape index (κ2) is 6.92. The number of hydrogen-bond acceptors (Lipinski definition) is 4. The van der Waals surface area contributed by atoms with Crippen LogP contribution >= 0.6 is 11.3 Å². The molecule has 0 atom stereocenters. The highest BCUT2D eigenvalue weighted by Gasteiger charge is 2.44. The first kappa shape index (κ1) is 16.8. The molecule has 2 aromatic carbocycles. The smallest absolute Gasteiger partial charge is 0.233 e. The van der Waals surface area contributed by atoms with Gasteiger partial charge in [-0.1, -0.05) is 36.4 Å². The third-order valence-corrected chi connectivity index (χ3v) is 5.70. The summed E-state index contributed by atoms with van der Waals surface area (Å²) < 4.78 is 5.25. The summed E-state index contributed by atoms with van der Waals surface area (Å²) in [7, 11) is 1.66. The standard InChI is InChI=1S/C21H20N2O2S/c1-25-18-8-6-15(7-9-18)12-21(19(24)23-20-22-10-11-26-20)13-16-4-2-3-5-17(16)14-21/h2-11H,12-14H2,1H3,(H,22,23,24). The van der Waals surface area contributed by atoms with E-state index in [4.69, 9.17) is 4.74 Å². The van der Waals surface area contributed by atoms with Crippen molar-refractivity contribution in [2.45, 2.75) is 19.3 Å². The number of rotatable bonds is 5. The lowest BCUT2D eigenvalue weighted by molar-refractivity contribution is -0.125. The number of thiazole rings is 1. The molecule has 132 valence electrons. The van der Waals surface area contributed by atoms with Gasteiger partial charge in [0.15, 0.2) is 5.13 Å². The first-order chi connectivity index (χ1) is 12.7. The number of ether oxygens (including phenoxy) is 1. The highest BCUT2D eigenvalue weighted by atomic mass is 32.1. The Morgan fingerprint density at radius 2 is 1.85 bits per heavy atom. The van der Waals surface area contributed by atoms with E-state index in [0.29, 0.717) is 11.6 Å². The molecule has 0 radical (unpaired) electrons. The van der Waals surface area contributed by atoms with Crippen molar-refractivity contribution in [2.75, 3.05) is 12.4 Å². The molecule has 3 aromatic rings. The molecule has 0 fully saturated rings. The number of nitrogens with one attached hydrogen (secondary N) is 1. The van der Waals surface area contributed by atoms with Gasteiger partial charge < -0.3 is 10.1 Å². The molecule has 0 unspecified atom stereocenters. The summed E-state index contributed by atoms with van der Waals surface area (Å²) >= 11 is 1.44. The van der Waals surface area contributed by atoms with E-state index < -0.39 is 5.41 Å². The largest absolute Gasteiger partial charge is 0.497 e. The minimum Gasteiger partial charge on any atom is -0.497 e. The summed E-state index contributed by atoms with van der Waals surface area (Å²) in [6.45, 7) is 0. The van der Waals surface area contributed by atoms with E-state index in [1.807, 2.05) is 41.8 Å². The summed E-state index contributed by atoms with van der Waals surface area (Å²) in [4.78, 5) is 17.5. The highest BCUT2D eigenvalue weighted by molar-refractivity contribution is 7.13. The number of nitrogens with zero attached hydrogens (tertiary/aromatic N) is 1. The topological polar surface area (TPSA) is 51.2 Å². The molecule has 1 aromatic heterocycles. The fourth-order valence-corrected chi connectivity index (χ4v) is 4.23. The van der Waals surface area contributed by atoms with Crippen LogP contribution in [0.1, 0.15) is 16.7 Å². The minimum absolute atomic E-state index is 0.0412. The van der Waals surface area contributed by atoms with Crippen molar-refractivity contribution in [3.8, 4) is 5.75 Å². The van der Waals surface area contributed by atoms with Crippen molar-refractivity contribution < 1.29 is 9.53 Å². The Kier molecular flexibility index (Phi) is 4.47. The lowest BCUT2D eigenvalue weighted by Gasteiger charge is -2.27. The van der Waals surface area contributed by atoms with Gasteiger partial charge in [-0.3, -0.25) is 4.79 Å². The van der Waals surface area contributed by atoms with E-state index >= 15 is 0 Å². The summed E-state index contributed by atoms with van der Waals surface area (Å²) in [6.07, 6.45) is 3.88. The number of benzene rings is 2. The van der Waals surface area contributed by atoms with Gasteiger partial charge in [0.2, 0.25) is 5.91 Å². The summed E-state index contributed by atoms with van der Waals surface area (Å²) in [5.74, 6) is 0.865. The lowest BCUT2D eigenvalue weighted by atomic mass is 9.78. The fourth-order valence-electron chi connectivity index (χ4n) is 3.71. The molecule has 1 aliphatic carbocycles. The Bertz CT molecular complexity index is 879. The number of hydrogen-bond donors (Lipinski definition) is 1. The first-order valence-corrected chi connectivity index (χ1v) is 9.47. The second-order valence-electron chi connectivity index (χ2n) is 6.72. The average molecular weight is 364 g/mol. The van der Waals surface area contributed by atoms with Crippen LogP contribution in [0.15, 0.2) is 60.1 Å². The van der Waals surface area contributed by atoms with Crippen LogP contribution in [0.4, 0.5) is 5.13 Å². The Balaban J connectivity index is 1.64. The maximum Gasteiger partial charge on any atom is 0.233 e. The van der Waals surface area contributed by atoms with Gasteiger partial charge >= 0.3 is 0 Å². The van der Waals surface area contributed by atoms with Gasteiger partial charge in [-0.2, -0.15) is 0 Å².